The molecule has 1 nitrogen and oxygen atoms in total. The molecule has 0 unspecified atom stereocenters. The fourth-order valence-electron chi connectivity index (χ4n) is 0.799. The summed E-state index contributed by atoms with van der Waals surface area (Å²) in [5.74, 6) is -0.441. The molecule has 0 aromatic heterocycles. The Kier molecular flexibility index (Phi) is 2.65. The molecule has 12 heavy (non-hydrogen) atoms. The summed E-state index contributed by atoms with van der Waals surface area (Å²) >= 11 is 0. The van der Waals surface area contributed by atoms with Gasteiger partial charge >= 0.3 is 0 Å². The first-order valence-corrected chi connectivity index (χ1v) is 3.35. The number of allylic oxidation sites excluding steroid dienone is 1. The van der Waals surface area contributed by atoms with E-state index < -0.39 is 5.82 Å². The van der Waals surface area contributed by atoms with E-state index in [4.69, 9.17) is 13.1 Å². The third kappa shape index (κ3) is 1.96. The Morgan fingerprint density at radius 3 is 2.83 bits per heavy atom. The summed E-state index contributed by atoms with van der Waals surface area (Å²) in [6.45, 7) is 0. The quantitative estimate of drug-likeness (QED) is 0.443. The highest BCUT2D eigenvalue weighted by Gasteiger charge is 1.94. The molecule has 0 N–H and O–H groups in total. The van der Waals surface area contributed by atoms with Gasteiger partial charge in [-0.3, -0.25) is 0 Å². The maximum atomic E-state index is 12.6. The molecule has 0 saturated heterocycles. The van der Waals surface area contributed by atoms with E-state index in [0.717, 1.165) is 5.56 Å². The maximum absolute atomic E-state index is 12.6. The van der Waals surface area contributed by atoms with Gasteiger partial charge in [0.2, 0.25) is 0 Å². The molecule has 1 rings (SSSR count). The van der Waals surface area contributed by atoms with Crippen molar-refractivity contribution in [2.45, 2.75) is 0 Å². The number of hydrogen-bond acceptors (Lipinski definition) is 1. The van der Waals surface area contributed by atoms with Crippen molar-refractivity contribution in [1.82, 2.24) is 0 Å². The maximum Gasteiger partial charge on any atom is 0.117 e. The van der Waals surface area contributed by atoms with Crippen molar-refractivity contribution in [2.24, 2.45) is 0 Å². The van der Waals surface area contributed by atoms with Crippen LogP contribution in [0.5, 0.6) is 0 Å². The Balaban J connectivity index is 2.99. The second-order valence-electron chi connectivity index (χ2n) is 2.24. The highest BCUT2D eigenvalue weighted by atomic mass is 19.1. The minimum Gasteiger partial charge on any atom is -0.208 e. The van der Waals surface area contributed by atoms with E-state index in [1.165, 1.54) is 18.2 Å². The minimum absolute atomic E-state index is 0.0927. The number of nitriles is 1. The summed E-state index contributed by atoms with van der Waals surface area (Å²) in [5.41, 5.74) is 0.811. The van der Waals surface area contributed by atoms with Gasteiger partial charge in [0.05, 0.1) is 6.07 Å². The highest BCUT2D eigenvalue weighted by molar-refractivity contribution is 6.32. The first-order chi connectivity index (χ1) is 5.74. The van der Waals surface area contributed by atoms with Gasteiger partial charge in [0, 0.05) is 6.08 Å². The average molecular weight is 157 g/mol. The van der Waals surface area contributed by atoms with Crippen LogP contribution in [0.1, 0.15) is 5.56 Å². The van der Waals surface area contributed by atoms with Gasteiger partial charge in [-0.05, 0) is 17.7 Å². The summed E-state index contributed by atoms with van der Waals surface area (Å²) in [4.78, 5) is 0. The second kappa shape index (κ2) is 3.73. The fourth-order valence-corrected chi connectivity index (χ4v) is 0.799. The molecule has 0 spiro atoms. The molecule has 3 heteroatoms. The van der Waals surface area contributed by atoms with Gasteiger partial charge in [0.1, 0.15) is 13.7 Å². The van der Waals surface area contributed by atoms with Gasteiger partial charge < -0.3 is 0 Å². The van der Waals surface area contributed by atoms with Gasteiger partial charge in [0.15, 0.2) is 0 Å². The molecule has 0 fully saturated rings. The first kappa shape index (κ1) is 8.54. The van der Waals surface area contributed by atoms with Crippen LogP contribution in [0.4, 0.5) is 4.39 Å². The third-order valence-electron chi connectivity index (χ3n) is 1.37. The lowest BCUT2D eigenvalue weighted by atomic mass is 9.93. The molecule has 0 aliphatic heterocycles. The molecule has 0 aliphatic carbocycles. The van der Waals surface area contributed by atoms with E-state index in [-0.39, 0.29) is 5.46 Å². The zero-order chi connectivity index (χ0) is 8.97. The lowest BCUT2D eigenvalue weighted by Gasteiger charge is -1.96. The summed E-state index contributed by atoms with van der Waals surface area (Å²) in [6.07, 6.45) is 2.88. The normalized spacial score (nSPS) is 10.0. The Morgan fingerprint density at radius 2 is 2.25 bits per heavy atom. The van der Waals surface area contributed by atoms with Crippen molar-refractivity contribution >= 4 is 19.4 Å². The van der Waals surface area contributed by atoms with Gasteiger partial charge in [0.25, 0.3) is 0 Å². The van der Waals surface area contributed by atoms with Crippen molar-refractivity contribution in [3.63, 3.8) is 0 Å². The van der Waals surface area contributed by atoms with Gasteiger partial charge in [-0.2, -0.15) is 5.26 Å². The SMILES string of the molecule is [B]c1cc(/C=C/C#N)ccc1F. The first-order valence-electron chi connectivity index (χ1n) is 3.35. The minimum atomic E-state index is -0.441. The zero-order valence-corrected chi connectivity index (χ0v) is 6.29. The lowest BCUT2D eigenvalue weighted by molar-refractivity contribution is 0.636. The largest absolute Gasteiger partial charge is 0.208 e. The Morgan fingerprint density at radius 1 is 1.50 bits per heavy atom. The van der Waals surface area contributed by atoms with Crippen LogP contribution in [0.2, 0.25) is 0 Å². The summed E-state index contributed by atoms with van der Waals surface area (Å²) < 4.78 is 12.6. The Bertz CT molecular complexity index is 352. The van der Waals surface area contributed by atoms with E-state index >= 15 is 0 Å². The molecule has 2 radical (unpaired) electrons. The van der Waals surface area contributed by atoms with E-state index in [0.29, 0.717) is 0 Å². The van der Waals surface area contributed by atoms with E-state index in [9.17, 15) is 4.39 Å². The predicted octanol–water partition coefficient (Wildman–Crippen LogP) is 1.16. The van der Waals surface area contributed by atoms with Crippen molar-refractivity contribution < 1.29 is 4.39 Å². The van der Waals surface area contributed by atoms with Crippen LogP contribution in [0.15, 0.2) is 24.3 Å². The van der Waals surface area contributed by atoms with Crippen LogP contribution in [0, 0.1) is 17.1 Å². The third-order valence-corrected chi connectivity index (χ3v) is 1.37. The molecule has 0 heterocycles. The van der Waals surface area contributed by atoms with Crippen molar-refractivity contribution in [3.8, 4) is 6.07 Å². The molecule has 0 amide bonds. The van der Waals surface area contributed by atoms with Crippen molar-refractivity contribution in [3.05, 3.63) is 35.7 Å². The van der Waals surface area contributed by atoms with Crippen LogP contribution < -0.4 is 5.46 Å². The Hall–Kier alpha value is -1.56. The molecule has 0 saturated carbocycles. The van der Waals surface area contributed by atoms with Crippen LogP contribution in [0.25, 0.3) is 6.08 Å². The molecular formula is C9H5BFN. The monoisotopic (exact) mass is 157 g/mol. The van der Waals surface area contributed by atoms with E-state index in [1.54, 1.807) is 12.1 Å². The number of nitrogens with zero attached hydrogens (tertiary/aromatic N) is 1. The van der Waals surface area contributed by atoms with Crippen LogP contribution in [-0.2, 0) is 0 Å². The molecule has 1 aromatic carbocycles. The molecule has 0 bridgehead atoms. The molecular weight excluding hydrogens is 152 g/mol. The summed E-state index contributed by atoms with van der Waals surface area (Å²) in [6, 6.07) is 6.14. The topological polar surface area (TPSA) is 23.8 Å². The summed E-state index contributed by atoms with van der Waals surface area (Å²) in [5, 5.41) is 8.21. The molecule has 1 aromatic rings. The predicted molar refractivity (Wildman–Crippen MR) is 46.4 cm³/mol. The number of benzene rings is 1. The van der Waals surface area contributed by atoms with Crippen molar-refractivity contribution in [2.75, 3.05) is 0 Å². The average Bonchev–Trinajstić information content (AvgIpc) is 2.07. The van der Waals surface area contributed by atoms with E-state index in [2.05, 4.69) is 0 Å². The lowest BCUT2D eigenvalue weighted by Crippen LogP contribution is -2.07. The number of rotatable bonds is 1. The number of halogens is 1. The van der Waals surface area contributed by atoms with Crippen LogP contribution in [-0.4, -0.2) is 7.85 Å². The molecule has 0 aliphatic rings. The van der Waals surface area contributed by atoms with Gasteiger partial charge in [-0.25, -0.2) is 4.39 Å². The smallest absolute Gasteiger partial charge is 0.117 e. The standard InChI is InChI=1S/C9H5BFN/c10-8-6-7(2-1-5-12)3-4-9(8)11/h1-4,6H/b2-1+. The number of hydrogen-bond donors (Lipinski definition) is 0. The van der Waals surface area contributed by atoms with Gasteiger partial charge in [-0.1, -0.05) is 17.6 Å². The van der Waals surface area contributed by atoms with Crippen LogP contribution >= 0.6 is 0 Å². The second-order valence-corrected chi connectivity index (χ2v) is 2.24. The van der Waals surface area contributed by atoms with E-state index in [1.807, 2.05) is 6.07 Å². The zero-order valence-electron chi connectivity index (χ0n) is 6.29. The summed E-state index contributed by atoms with van der Waals surface area (Å²) in [7, 11) is 5.30. The van der Waals surface area contributed by atoms with Crippen LogP contribution in [0.3, 0.4) is 0 Å². The Labute approximate surface area is 71.5 Å². The fraction of sp³-hybridized carbons (Fsp3) is 0. The van der Waals surface area contributed by atoms with Crippen molar-refractivity contribution in [1.29, 1.82) is 5.26 Å². The van der Waals surface area contributed by atoms with Gasteiger partial charge in [-0.15, -0.1) is 0 Å². The molecule has 56 valence electrons. The molecule has 0 atom stereocenters. The highest BCUT2D eigenvalue weighted by Crippen LogP contribution is 2.01.